The zero-order valence-corrected chi connectivity index (χ0v) is 16.1. The van der Waals surface area contributed by atoms with Crippen LogP contribution in [0.3, 0.4) is 0 Å². The van der Waals surface area contributed by atoms with Crippen molar-refractivity contribution in [3.05, 3.63) is 72.0 Å². The third-order valence-electron chi connectivity index (χ3n) is 4.08. The fourth-order valence-electron chi connectivity index (χ4n) is 2.63. The van der Waals surface area contributed by atoms with E-state index >= 15 is 0 Å². The summed E-state index contributed by atoms with van der Waals surface area (Å²) in [7, 11) is 1.60. The fourth-order valence-corrected chi connectivity index (χ4v) is 2.63. The second kappa shape index (κ2) is 9.29. The van der Waals surface area contributed by atoms with E-state index in [9.17, 15) is 10.1 Å². The molecule has 3 rings (SSSR count). The molecule has 29 heavy (non-hydrogen) atoms. The lowest BCUT2D eigenvalue weighted by Crippen LogP contribution is -2.13. The Morgan fingerprint density at radius 2 is 1.76 bits per heavy atom. The molecule has 6 nitrogen and oxygen atoms in total. The average Bonchev–Trinajstić information content (AvgIpc) is 3.22. The van der Waals surface area contributed by atoms with Crippen LogP contribution in [0, 0.1) is 11.3 Å². The molecule has 0 unspecified atom stereocenters. The summed E-state index contributed by atoms with van der Waals surface area (Å²) < 4.78 is 16.3. The number of furan rings is 1. The highest BCUT2D eigenvalue weighted by Gasteiger charge is 2.12. The molecule has 2 aromatic carbocycles. The van der Waals surface area contributed by atoms with Gasteiger partial charge in [-0.2, -0.15) is 5.26 Å². The molecule has 1 amide bonds. The van der Waals surface area contributed by atoms with Crippen molar-refractivity contribution in [1.29, 1.82) is 5.26 Å². The summed E-state index contributed by atoms with van der Waals surface area (Å²) in [4.78, 5) is 12.4. The molecule has 1 heterocycles. The lowest BCUT2D eigenvalue weighted by atomic mass is 10.2. The molecular weight excluding hydrogens is 368 g/mol. The monoisotopic (exact) mass is 388 g/mol. The van der Waals surface area contributed by atoms with E-state index in [1.54, 1.807) is 43.5 Å². The van der Waals surface area contributed by atoms with Gasteiger partial charge in [0.25, 0.3) is 5.91 Å². The van der Waals surface area contributed by atoms with Crippen molar-refractivity contribution in [3.63, 3.8) is 0 Å². The Morgan fingerprint density at radius 3 is 2.38 bits per heavy atom. The molecule has 0 saturated heterocycles. The Kier molecular flexibility index (Phi) is 6.33. The van der Waals surface area contributed by atoms with E-state index in [-0.39, 0.29) is 5.57 Å². The maximum absolute atomic E-state index is 12.4. The topological polar surface area (TPSA) is 84.5 Å². The van der Waals surface area contributed by atoms with Crippen LogP contribution >= 0.6 is 0 Å². The number of benzene rings is 2. The molecule has 146 valence electrons. The number of rotatable bonds is 7. The zero-order chi connectivity index (χ0) is 20.6. The highest BCUT2D eigenvalue weighted by atomic mass is 16.5. The molecule has 0 saturated carbocycles. The predicted molar refractivity (Wildman–Crippen MR) is 111 cm³/mol. The van der Waals surface area contributed by atoms with E-state index in [0.29, 0.717) is 29.6 Å². The molecule has 0 aliphatic carbocycles. The van der Waals surface area contributed by atoms with Gasteiger partial charge in [0.1, 0.15) is 34.7 Å². The third kappa shape index (κ3) is 5.05. The fraction of sp³-hybridized carbons (Fsp3) is 0.130. The Balaban J connectivity index is 1.72. The van der Waals surface area contributed by atoms with E-state index in [4.69, 9.17) is 13.9 Å². The SMILES string of the molecule is CCOc1ccc(NC(=O)/C(C#N)=C/c2ccc(-c3ccc(OC)cc3)o2)cc1. The molecule has 6 heteroatoms. The summed E-state index contributed by atoms with van der Waals surface area (Å²) in [6.07, 6.45) is 1.41. The van der Waals surface area contributed by atoms with E-state index in [2.05, 4.69) is 5.32 Å². The standard InChI is InChI=1S/C23H20N2O4/c1-3-28-20-10-6-18(7-11-20)25-23(26)17(15-24)14-21-12-13-22(29-21)16-4-8-19(27-2)9-5-16/h4-14H,3H2,1-2H3,(H,25,26)/b17-14+. The molecule has 0 spiro atoms. The Hall–Kier alpha value is -3.98. The van der Waals surface area contributed by atoms with Crippen LogP contribution in [-0.2, 0) is 4.79 Å². The number of amides is 1. The van der Waals surface area contributed by atoms with Crippen molar-refractivity contribution < 1.29 is 18.7 Å². The number of carbonyl (C=O) groups excluding carboxylic acids is 1. The van der Waals surface area contributed by atoms with E-state index in [0.717, 1.165) is 11.3 Å². The predicted octanol–water partition coefficient (Wildman–Crippen LogP) is 4.90. The molecule has 1 N–H and O–H groups in total. The van der Waals surface area contributed by atoms with Crippen LogP contribution in [0.25, 0.3) is 17.4 Å². The number of nitrogens with one attached hydrogen (secondary N) is 1. The average molecular weight is 388 g/mol. The van der Waals surface area contributed by atoms with Gasteiger partial charge >= 0.3 is 0 Å². The molecule has 0 aliphatic rings. The minimum Gasteiger partial charge on any atom is -0.497 e. The van der Waals surface area contributed by atoms with Crippen LogP contribution < -0.4 is 14.8 Å². The van der Waals surface area contributed by atoms with Crippen LogP contribution in [0.4, 0.5) is 5.69 Å². The molecule has 1 aromatic heterocycles. The van der Waals surface area contributed by atoms with Crippen molar-refractivity contribution in [1.82, 2.24) is 0 Å². The molecule has 0 bridgehead atoms. The number of hydrogen-bond acceptors (Lipinski definition) is 5. The number of nitrogens with zero attached hydrogens (tertiary/aromatic N) is 1. The lowest BCUT2D eigenvalue weighted by molar-refractivity contribution is -0.112. The second-order valence-electron chi connectivity index (χ2n) is 6.01. The number of ether oxygens (including phenoxy) is 2. The summed E-state index contributed by atoms with van der Waals surface area (Å²) in [5.74, 6) is 1.98. The first-order valence-corrected chi connectivity index (χ1v) is 9.03. The van der Waals surface area contributed by atoms with Gasteiger partial charge in [-0.15, -0.1) is 0 Å². The van der Waals surface area contributed by atoms with Crippen molar-refractivity contribution in [3.8, 4) is 28.9 Å². The highest BCUT2D eigenvalue weighted by molar-refractivity contribution is 6.09. The van der Waals surface area contributed by atoms with E-state index < -0.39 is 5.91 Å². The Bertz CT molecular complexity index is 1040. The van der Waals surface area contributed by atoms with Gasteiger partial charge in [0.2, 0.25) is 0 Å². The number of nitriles is 1. The van der Waals surface area contributed by atoms with E-state index in [1.165, 1.54) is 6.08 Å². The molecular formula is C23H20N2O4. The second-order valence-corrected chi connectivity index (χ2v) is 6.01. The Labute approximate surface area is 169 Å². The van der Waals surface area contributed by atoms with Gasteiger partial charge in [0.05, 0.1) is 13.7 Å². The van der Waals surface area contributed by atoms with Gasteiger partial charge in [-0.1, -0.05) is 0 Å². The molecule has 3 aromatic rings. The maximum atomic E-state index is 12.4. The third-order valence-corrected chi connectivity index (χ3v) is 4.08. The first-order chi connectivity index (χ1) is 14.1. The van der Waals surface area contributed by atoms with E-state index in [1.807, 2.05) is 37.3 Å². The van der Waals surface area contributed by atoms with Gasteiger partial charge in [-0.25, -0.2) is 0 Å². The van der Waals surface area contributed by atoms with Crippen molar-refractivity contribution in [2.24, 2.45) is 0 Å². The summed E-state index contributed by atoms with van der Waals surface area (Å²) >= 11 is 0. The molecule has 0 atom stereocenters. The summed E-state index contributed by atoms with van der Waals surface area (Å²) in [6, 6.07) is 19.7. The summed E-state index contributed by atoms with van der Waals surface area (Å²) in [5, 5.41) is 12.1. The number of methoxy groups -OCH3 is 1. The quantitative estimate of drug-likeness (QED) is 0.460. The summed E-state index contributed by atoms with van der Waals surface area (Å²) in [6.45, 7) is 2.46. The smallest absolute Gasteiger partial charge is 0.266 e. The van der Waals surface area contributed by atoms with Gasteiger partial charge in [0, 0.05) is 17.3 Å². The zero-order valence-electron chi connectivity index (χ0n) is 16.1. The van der Waals surface area contributed by atoms with Crippen LogP contribution in [-0.4, -0.2) is 19.6 Å². The lowest BCUT2D eigenvalue weighted by Gasteiger charge is -2.06. The highest BCUT2D eigenvalue weighted by Crippen LogP contribution is 2.25. The first kappa shape index (κ1) is 19.8. The van der Waals surface area contributed by atoms with Crippen molar-refractivity contribution in [2.75, 3.05) is 19.0 Å². The van der Waals surface area contributed by atoms with Crippen molar-refractivity contribution >= 4 is 17.7 Å². The minimum absolute atomic E-state index is 0.0606. The number of anilines is 1. The van der Waals surface area contributed by atoms with Gasteiger partial charge < -0.3 is 19.2 Å². The molecule has 0 aliphatic heterocycles. The summed E-state index contributed by atoms with van der Waals surface area (Å²) in [5.41, 5.74) is 1.37. The normalized spacial score (nSPS) is 10.9. The maximum Gasteiger partial charge on any atom is 0.266 e. The minimum atomic E-state index is -0.515. The van der Waals surface area contributed by atoms with Crippen LogP contribution in [0.2, 0.25) is 0 Å². The van der Waals surface area contributed by atoms with Crippen LogP contribution in [0.1, 0.15) is 12.7 Å². The largest absolute Gasteiger partial charge is 0.497 e. The van der Waals surface area contributed by atoms with Gasteiger partial charge in [0.15, 0.2) is 0 Å². The first-order valence-electron chi connectivity index (χ1n) is 9.03. The number of hydrogen-bond donors (Lipinski definition) is 1. The van der Waals surface area contributed by atoms with Gasteiger partial charge in [-0.3, -0.25) is 4.79 Å². The Morgan fingerprint density at radius 1 is 1.07 bits per heavy atom. The van der Waals surface area contributed by atoms with Crippen molar-refractivity contribution in [2.45, 2.75) is 6.92 Å². The molecule has 0 fully saturated rings. The number of carbonyl (C=O) groups is 1. The van der Waals surface area contributed by atoms with Gasteiger partial charge in [-0.05, 0) is 67.6 Å². The van der Waals surface area contributed by atoms with Crippen LogP contribution in [0.5, 0.6) is 11.5 Å². The molecule has 0 radical (unpaired) electrons. The van der Waals surface area contributed by atoms with Crippen LogP contribution in [0.15, 0.2) is 70.7 Å².